The SMILES string of the molecule is CO/N=C(\C(N)=O)c1ccccc1CO/N=C(\C)C1CC1c1ccc(F)cc1F. The number of primary amides is 1. The molecule has 0 radical (unpaired) electrons. The van der Waals surface area contributed by atoms with Gasteiger partial charge in [-0.1, -0.05) is 40.6 Å². The van der Waals surface area contributed by atoms with Gasteiger partial charge < -0.3 is 15.4 Å². The van der Waals surface area contributed by atoms with Gasteiger partial charge in [-0.05, 0) is 30.9 Å². The minimum absolute atomic E-state index is 0.0126. The van der Waals surface area contributed by atoms with E-state index in [-0.39, 0.29) is 24.2 Å². The Labute approximate surface area is 167 Å². The van der Waals surface area contributed by atoms with Crippen molar-refractivity contribution in [1.29, 1.82) is 0 Å². The number of hydrogen-bond acceptors (Lipinski definition) is 5. The Kier molecular flexibility index (Phi) is 6.21. The number of rotatable bonds is 8. The predicted molar refractivity (Wildman–Crippen MR) is 104 cm³/mol. The highest BCUT2D eigenvalue weighted by Gasteiger charge is 2.42. The van der Waals surface area contributed by atoms with Crippen LogP contribution in [0, 0.1) is 17.6 Å². The average Bonchev–Trinajstić information content (AvgIpc) is 3.47. The number of benzene rings is 2. The molecule has 8 heteroatoms. The van der Waals surface area contributed by atoms with E-state index < -0.39 is 17.5 Å². The third-order valence-corrected chi connectivity index (χ3v) is 4.81. The third-order valence-electron chi connectivity index (χ3n) is 4.81. The zero-order valence-corrected chi connectivity index (χ0v) is 16.1. The van der Waals surface area contributed by atoms with E-state index >= 15 is 0 Å². The molecule has 0 bridgehead atoms. The number of halogens is 2. The van der Waals surface area contributed by atoms with Crippen LogP contribution < -0.4 is 5.73 Å². The fraction of sp³-hybridized carbons (Fsp3) is 0.286. The van der Waals surface area contributed by atoms with Gasteiger partial charge in [0, 0.05) is 23.1 Å². The standard InChI is InChI=1S/C21H21F2N3O3/c1-12(17-10-18(17)16-8-7-14(22)9-19(16)23)25-29-11-13-5-3-4-6-15(13)20(21(24)27)26-28-2/h3-9,17-18H,10-11H2,1-2H3,(H2,24,27)/b25-12+,26-20-. The molecule has 2 N–H and O–H groups in total. The van der Waals surface area contributed by atoms with Crippen LogP contribution in [0.5, 0.6) is 0 Å². The summed E-state index contributed by atoms with van der Waals surface area (Å²) >= 11 is 0. The Hall–Kier alpha value is -3.29. The number of oxime groups is 2. The molecule has 0 spiro atoms. The summed E-state index contributed by atoms with van der Waals surface area (Å²) < 4.78 is 27.0. The number of nitrogens with two attached hydrogens (primary N) is 1. The van der Waals surface area contributed by atoms with Crippen molar-refractivity contribution < 1.29 is 23.3 Å². The van der Waals surface area contributed by atoms with E-state index in [9.17, 15) is 13.6 Å². The van der Waals surface area contributed by atoms with Crippen LogP contribution in [0.4, 0.5) is 8.78 Å². The summed E-state index contributed by atoms with van der Waals surface area (Å²) in [5.41, 5.74) is 7.72. The van der Waals surface area contributed by atoms with Crippen molar-refractivity contribution in [3.63, 3.8) is 0 Å². The molecule has 0 aromatic heterocycles. The molecule has 152 valence electrons. The van der Waals surface area contributed by atoms with Crippen LogP contribution in [0.25, 0.3) is 0 Å². The fourth-order valence-electron chi connectivity index (χ4n) is 3.27. The van der Waals surface area contributed by atoms with E-state index in [2.05, 4.69) is 10.3 Å². The van der Waals surface area contributed by atoms with Gasteiger partial charge in [0.25, 0.3) is 5.91 Å². The van der Waals surface area contributed by atoms with Crippen molar-refractivity contribution in [2.45, 2.75) is 25.9 Å². The Morgan fingerprint density at radius 1 is 1.21 bits per heavy atom. The summed E-state index contributed by atoms with van der Waals surface area (Å²) in [6.07, 6.45) is 0.726. The van der Waals surface area contributed by atoms with Crippen molar-refractivity contribution in [3.8, 4) is 0 Å². The maximum absolute atomic E-state index is 13.9. The molecule has 1 amide bonds. The van der Waals surface area contributed by atoms with E-state index in [0.29, 0.717) is 16.7 Å². The van der Waals surface area contributed by atoms with Gasteiger partial charge in [0.15, 0.2) is 5.71 Å². The number of hydrogen-bond donors (Lipinski definition) is 1. The van der Waals surface area contributed by atoms with Crippen LogP contribution in [0.3, 0.4) is 0 Å². The van der Waals surface area contributed by atoms with Crippen LogP contribution in [0.1, 0.15) is 36.0 Å². The normalized spacial score (nSPS) is 19.0. The van der Waals surface area contributed by atoms with Crippen LogP contribution in [0.2, 0.25) is 0 Å². The molecule has 0 saturated heterocycles. The Morgan fingerprint density at radius 3 is 2.66 bits per heavy atom. The molecular formula is C21H21F2N3O3. The monoisotopic (exact) mass is 401 g/mol. The first kappa shape index (κ1) is 20.4. The first-order chi connectivity index (χ1) is 13.9. The van der Waals surface area contributed by atoms with Gasteiger partial charge in [-0.3, -0.25) is 4.79 Å². The maximum atomic E-state index is 13.9. The molecule has 3 rings (SSSR count). The molecule has 0 heterocycles. The van der Waals surface area contributed by atoms with Gasteiger partial charge in [0.1, 0.15) is 25.4 Å². The quantitative estimate of drug-likeness (QED) is 0.543. The molecule has 1 saturated carbocycles. The summed E-state index contributed by atoms with van der Waals surface area (Å²) in [5, 5.41) is 7.81. The molecule has 1 aliphatic rings. The van der Waals surface area contributed by atoms with E-state index in [1.807, 2.05) is 0 Å². The summed E-state index contributed by atoms with van der Waals surface area (Å²) in [5.74, 6) is -1.85. The molecule has 6 nitrogen and oxygen atoms in total. The second-order valence-corrected chi connectivity index (χ2v) is 6.76. The Balaban J connectivity index is 1.67. The number of carbonyl (C=O) groups excluding carboxylic acids is 1. The largest absolute Gasteiger partial charge is 0.398 e. The van der Waals surface area contributed by atoms with Gasteiger partial charge in [0.2, 0.25) is 0 Å². The van der Waals surface area contributed by atoms with Crippen molar-refractivity contribution >= 4 is 17.3 Å². The summed E-state index contributed by atoms with van der Waals surface area (Å²) in [6, 6.07) is 10.6. The lowest BCUT2D eigenvalue weighted by molar-refractivity contribution is -0.112. The Bertz CT molecular complexity index is 975. The topological polar surface area (TPSA) is 86.3 Å². The highest BCUT2D eigenvalue weighted by Crippen LogP contribution is 2.49. The van der Waals surface area contributed by atoms with Crippen molar-refractivity contribution in [1.82, 2.24) is 0 Å². The van der Waals surface area contributed by atoms with Crippen molar-refractivity contribution in [2.75, 3.05) is 7.11 Å². The van der Waals surface area contributed by atoms with Gasteiger partial charge >= 0.3 is 0 Å². The molecule has 1 fully saturated rings. The number of nitrogens with zero attached hydrogens (tertiary/aromatic N) is 2. The van der Waals surface area contributed by atoms with E-state index in [1.165, 1.54) is 19.2 Å². The molecule has 2 aromatic carbocycles. The predicted octanol–water partition coefficient (Wildman–Crippen LogP) is 3.50. The van der Waals surface area contributed by atoms with Gasteiger partial charge in [0.05, 0.1) is 5.71 Å². The number of amides is 1. The van der Waals surface area contributed by atoms with Crippen LogP contribution >= 0.6 is 0 Å². The zero-order valence-electron chi connectivity index (χ0n) is 16.1. The molecule has 2 unspecified atom stereocenters. The number of carbonyl (C=O) groups is 1. The van der Waals surface area contributed by atoms with Gasteiger partial charge in [-0.15, -0.1) is 0 Å². The van der Waals surface area contributed by atoms with E-state index in [0.717, 1.165) is 18.2 Å². The summed E-state index contributed by atoms with van der Waals surface area (Å²) in [7, 11) is 1.33. The van der Waals surface area contributed by atoms with Crippen LogP contribution in [-0.2, 0) is 21.1 Å². The smallest absolute Gasteiger partial charge is 0.271 e. The van der Waals surface area contributed by atoms with Crippen LogP contribution in [0.15, 0.2) is 52.8 Å². The lowest BCUT2D eigenvalue weighted by atomic mass is 10.0. The van der Waals surface area contributed by atoms with Gasteiger partial charge in [-0.25, -0.2) is 8.78 Å². The first-order valence-corrected chi connectivity index (χ1v) is 9.03. The lowest BCUT2D eigenvalue weighted by Crippen LogP contribution is -2.25. The molecule has 2 aromatic rings. The lowest BCUT2D eigenvalue weighted by Gasteiger charge is -2.09. The summed E-state index contributed by atoms with van der Waals surface area (Å²) in [4.78, 5) is 21.8. The highest BCUT2D eigenvalue weighted by molar-refractivity contribution is 6.45. The minimum Gasteiger partial charge on any atom is -0.398 e. The zero-order chi connectivity index (χ0) is 21.0. The molecule has 0 aliphatic heterocycles. The molecule has 2 atom stereocenters. The first-order valence-electron chi connectivity index (χ1n) is 9.03. The fourth-order valence-corrected chi connectivity index (χ4v) is 3.27. The van der Waals surface area contributed by atoms with Crippen LogP contribution in [-0.4, -0.2) is 24.4 Å². The van der Waals surface area contributed by atoms with Gasteiger partial charge in [-0.2, -0.15) is 0 Å². The van der Waals surface area contributed by atoms with Crippen molar-refractivity contribution in [2.24, 2.45) is 22.0 Å². The van der Waals surface area contributed by atoms with E-state index in [1.54, 1.807) is 31.2 Å². The molecule has 1 aliphatic carbocycles. The average molecular weight is 401 g/mol. The second-order valence-electron chi connectivity index (χ2n) is 6.76. The second kappa shape index (κ2) is 8.81. The third kappa shape index (κ3) is 4.77. The maximum Gasteiger partial charge on any atom is 0.271 e. The van der Waals surface area contributed by atoms with E-state index in [4.69, 9.17) is 15.4 Å². The Morgan fingerprint density at radius 2 is 1.97 bits per heavy atom. The minimum atomic E-state index is -0.721. The molecule has 29 heavy (non-hydrogen) atoms. The highest BCUT2D eigenvalue weighted by atomic mass is 19.1. The summed E-state index contributed by atoms with van der Waals surface area (Å²) in [6.45, 7) is 1.89. The molecular weight excluding hydrogens is 380 g/mol. The van der Waals surface area contributed by atoms with Crippen molar-refractivity contribution in [3.05, 3.63) is 70.8 Å².